The molecule has 76 valence electrons. The number of hydrogen-bond acceptors (Lipinski definition) is 0. The minimum absolute atomic E-state index is 0. The van der Waals surface area contributed by atoms with Crippen molar-refractivity contribution >= 4 is 0 Å². The molecule has 0 spiro atoms. The summed E-state index contributed by atoms with van der Waals surface area (Å²) in [5.74, 6) is 1.09. The first-order valence-corrected chi connectivity index (χ1v) is 5.35. The second-order valence-corrected chi connectivity index (χ2v) is 3.62. The maximum Gasteiger partial charge on any atom is -0.0417 e. The molecule has 0 bridgehead atoms. The van der Waals surface area contributed by atoms with Crippen LogP contribution < -0.4 is 0 Å². The van der Waals surface area contributed by atoms with Gasteiger partial charge in [0.25, 0.3) is 0 Å². The van der Waals surface area contributed by atoms with Crippen LogP contribution in [0.5, 0.6) is 0 Å². The van der Waals surface area contributed by atoms with Crippen molar-refractivity contribution in [2.75, 3.05) is 0 Å². The average Bonchev–Trinajstić information content (AvgIpc) is 2.08. The van der Waals surface area contributed by atoms with Gasteiger partial charge in [0.15, 0.2) is 0 Å². The first kappa shape index (κ1) is 14.5. The summed E-state index contributed by atoms with van der Waals surface area (Å²) >= 11 is 0. The largest absolute Gasteiger partial charge is 0.0776 e. The highest BCUT2D eigenvalue weighted by Crippen LogP contribution is 2.25. The van der Waals surface area contributed by atoms with E-state index < -0.39 is 0 Å². The molecule has 1 fully saturated rings. The Labute approximate surface area is 79.8 Å². The highest BCUT2D eigenvalue weighted by molar-refractivity contribution is 4.63. The van der Waals surface area contributed by atoms with Gasteiger partial charge in [-0.05, 0) is 5.92 Å². The van der Waals surface area contributed by atoms with E-state index in [0.717, 1.165) is 5.92 Å². The Morgan fingerprint density at radius 1 is 0.917 bits per heavy atom. The molecule has 12 heavy (non-hydrogen) atoms. The van der Waals surface area contributed by atoms with Crippen molar-refractivity contribution < 1.29 is 0 Å². The molecule has 0 unspecified atom stereocenters. The van der Waals surface area contributed by atoms with Crippen LogP contribution in [0, 0.1) is 5.92 Å². The molecular weight excluding hydrogens is 144 g/mol. The van der Waals surface area contributed by atoms with Crippen molar-refractivity contribution in [2.45, 2.75) is 73.1 Å². The van der Waals surface area contributed by atoms with Gasteiger partial charge in [-0.1, -0.05) is 73.1 Å². The predicted octanol–water partition coefficient (Wildman–Crippen LogP) is 5.03. The van der Waals surface area contributed by atoms with Gasteiger partial charge in [-0.3, -0.25) is 0 Å². The summed E-state index contributed by atoms with van der Waals surface area (Å²) in [6.45, 7) is 6.57. The maximum atomic E-state index is 2.32. The van der Waals surface area contributed by atoms with Crippen LogP contribution in [0.15, 0.2) is 0 Å². The van der Waals surface area contributed by atoms with E-state index in [1.54, 1.807) is 0 Å². The molecule has 0 aromatic heterocycles. The Morgan fingerprint density at radius 3 is 1.58 bits per heavy atom. The van der Waals surface area contributed by atoms with Crippen LogP contribution in [-0.4, -0.2) is 0 Å². The topological polar surface area (TPSA) is 0 Å². The number of hydrogen-bond donors (Lipinski definition) is 0. The zero-order valence-corrected chi connectivity index (χ0v) is 8.53. The van der Waals surface area contributed by atoms with Gasteiger partial charge in [-0.2, -0.15) is 0 Å². The molecule has 0 aromatic rings. The fourth-order valence-electron chi connectivity index (χ4n) is 1.60. The zero-order chi connectivity index (χ0) is 8.53. The third-order valence-corrected chi connectivity index (χ3v) is 2.30. The highest BCUT2D eigenvalue weighted by Gasteiger charge is 2.09. The van der Waals surface area contributed by atoms with Crippen LogP contribution in [0.2, 0.25) is 0 Å². The summed E-state index contributed by atoms with van der Waals surface area (Å²) in [7, 11) is 0. The van der Waals surface area contributed by atoms with Crippen molar-refractivity contribution in [2.24, 2.45) is 5.92 Å². The molecule has 0 atom stereocenters. The molecule has 1 aliphatic rings. The minimum Gasteiger partial charge on any atom is -0.0776 e. The molecule has 0 heteroatoms. The maximum absolute atomic E-state index is 2.32. The van der Waals surface area contributed by atoms with Crippen molar-refractivity contribution in [1.29, 1.82) is 0 Å². The zero-order valence-electron chi connectivity index (χ0n) is 8.53. The first-order valence-electron chi connectivity index (χ1n) is 5.35. The summed E-state index contributed by atoms with van der Waals surface area (Å²) in [6, 6.07) is 0. The van der Waals surface area contributed by atoms with Gasteiger partial charge in [0, 0.05) is 0 Å². The molecule has 0 N–H and O–H groups in total. The summed E-state index contributed by atoms with van der Waals surface area (Å²) in [6.07, 6.45) is 10.2. The van der Waals surface area contributed by atoms with E-state index in [9.17, 15) is 0 Å². The summed E-state index contributed by atoms with van der Waals surface area (Å²) < 4.78 is 0. The summed E-state index contributed by atoms with van der Waals surface area (Å²) in [4.78, 5) is 0. The average molecular weight is 172 g/mol. The Kier molecular flexibility index (Phi) is 13.3. The lowest BCUT2D eigenvalue weighted by Gasteiger charge is -2.18. The van der Waals surface area contributed by atoms with Gasteiger partial charge in [0.1, 0.15) is 0 Å². The Balaban J connectivity index is 0. The number of rotatable bonds is 1. The molecule has 0 heterocycles. The van der Waals surface area contributed by atoms with Crippen molar-refractivity contribution in [3.05, 3.63) is 0 Å². The molecule has 0 nitrogen and oxygen atoms in total. The second-order valence-electron chi connectivity index (χ2n) is 3.62. The van der Waals surface area contributed by atoms with Crippen LogP contribution in [-0.2, 0) is 0 Å². The molecule has 1 saturated carbocycles. The first-order chi connectivity index (χ1) is 5.35. The lowest BCUT2D eigenvalue weighted by Crippen LogP contribution is -2.03. The van der Waals surface area contributed by atoms with Crippen molar-refractivity contribution in [3.8, 4) is 0 Å². The van der Waals surface area contributed by atoms with E-state index in [-0.39, 0.29) is 7.43 Å². The molecule has 0 aromatic carbocycles. The minimum atomic E-state index is 0. The highest BCUT2D eigenvalue weighted by atomic mass is 14.2. The molecule has 1 rings (SSSR count). The molecule has 0 amide bonds. The van der Waals surface area contributed by atoms with Crippen LogP contribution in [0.4, 0.5) is 0 Å². The van der Waals surface area contributed by atoms with E-state index >= 15 is 0 Å². The van der Waals surface area contributed by atoms with Crippen molar-refractivity contribution in [3.63, 3.8) is 0 Å². The van der Waals surface area contributed by atoms with Gasteiger partial charge in [-0.25, -0.2) is 0 Å². The quantitative estimate of drug-likeness (QED) is 0.520. The normalized spacial score (nSPS) is 17.2. The van der Waals surface area contributed by atoms with E-state index in [1.807, 2.05) is 0 Å². The van der Waals surface area contributed by atoms with Gasteiger partial charge in [0.05, 0.1) is 0 Å². The van der Waals surface area contributed by atoms with Crippen LogP contribution in [0.3, 0.4) is 0 Å². The van der Waals surface area contributed by atoms with Crippen LogP contribution >= 0.6 is 0 Å². The van der Waals surface area contributed by atoms with Crippen LogP contribution in [0.1, 0.15) is 73.1 Å². The SMILES string of the molecule is C.CCC.CCC1CCCCC1. The Bertz CT molecular complexity index is 60.4. The fourth-order valence-corrected chi connectivity index (χ4v) is 1.60. The molecule has 0 aliphatic heterocycles. The third-order valence-electron chi connectivity index (χ3n) is 2.30. The smallest absolute Gasteiger partial charge is 0.0417 e. The lowest BCUT2D eigenvalue weighted by molar-refractivity contribution is 0.349. The van der Waals surface area contributed by atoms with Gasteiger partial charge in [-0.15, -0.1) is 0 Å². The standard InChI is InChI=1S/C8H16.C3H8.CH4/c1-2-8-6-4-3-5-7-8;1-3-2;/h8H,2-7H2,1H3;3H2,1-2H3;1H4. The summed E-state index contributed by atoms with van der Waals surface area (Å²) in [5.41, 5.74) is 0. The fraction of sp³-hybridized carbons (Fsp3) is 1.00. The van der Waals surface area contributed by atoms with E-state index in [1.165, 1.54) is 44.9 Å². The predicted molar refractivity (Wildman–Crippen MR) is 59.6 cm³/mol. The lowest BCUT2D eigenvalue weighted by atomic mass is 9.88. The molecule has 1 aliphatic carbocycles. The van der Waals surface area contributed by atoms with E-state index in [0.29, 0.717) is 0 Å². The van der Waals surface area contributed by atoms with E-state index in [2.05, 4.69) is 20.8 Å². The molecule has 0 saturated heterocycles. The second kappa shape index (κ2) is 11.0. The van der Waals surface area contributed by atoms with Gasteiger partial charge >= 0.3 is 0 Å². The van der Waals surface area contributed by atoms with Gasteiger partial charge < -0.3 is 0 Å². The molecular formula is C12H28. The van der Waals surface area contributed by atoms with E-state index in [4.69, 9.17) is 0 Å². The van der Waals surface area contributed by atoms with Crippen LogP contribution in [0.25, 0.3) is 0 Å². The van der Waals surface area contributed by atoms with Gasteiger partial charge in [0.2, 0.25) is 0 Å². The Hall–Kier alpha value is 0. The van der Waals surface area contributed by atoms with Crippen molar-refractivity contribution in [1.82, 2.24) is 0 Å². The molecule has 0 radical (unpaired) electrons. The Morgan fingerprint density at radius 2 is 1.33 bits per heavy atom. The monoisotopic (exact) mass is 172 g/mol. The summed E-state index contributed by atoms with van der Waals surface area (Å²) in [5, 5.41) is 0. The third kappa shape index (κ3) is 8.10.